The highest BCUT2D eigenvalue weighted by atomic mass is 16.3. The molecule has 1 fully saturated rings. The van der Waals surface area contributed by atoms with E-state index in [9.17, 15) is 5.11 Å². The van der Waals surface area contributed by atoms with E-state index in [4.69, 9.17) is 15.8 Å². The van der Waals surface area contributed by atoms with Crippen molar-refractivity contribution in [2.45, 2.75) is 57.6 Å². The summed E-state index contributed by atoms with van der Waals surface area (Å²) >= 11 is 0. The topological polar surface area (TPSA) is 102 Å². The lowest BCUT2D eigenvalue weighted by atomic mass is 9.93. The van der Waals surface area contributed by atoms with E-state index in [0.29, 0.717) is 5.95 Å². The Hall–Kier alpha value is -2.67. The Balaban J connectivity index is 1.75. The van der Waals surface area contributed by atoms with Gasteiger partial charge in [0.1, 0.15) is 5.69 Å². The molecule has 0 unspecified atom stereocenters. The van der Waals surface area contributed by atoms with Crippen LogP contribution in [0, 0.1) is 0 Å². The molecule has 0 spiro atoms. The number of aliphatic hydroxyl groups excluding tert-OH is 1. The number of benzene rings is 1. The number of aromatic nitrogens is 4. The molecule has 0 radical (unpaired) electrons. The summed E-state index contributed by atoms with van der Waals surface area (Å²) in [5, 5.41) is 19.1. The Kier molecular flexibility index (Phi) is 5.43. The molecule has 28 heavy (non-hydrogen) atoms. The molecule has 7 heteroatoms. The van der Waals surface area contributed by atoms with Gasteiger partial charge in [0.05, 0.1) is 17.5 Å². The van der Waals surface area contributed by atoms with Crippen LogP contribution in [0.5, 0.6) is 0 Å². The van der Waals surface area contributed by atoms with Crippen LogP contribution in [0.4, 0.5) is 11.6 Å². The Morgan fingerprint density at radius 1 is 1.18 bits per heavy atom. The first-order chi connectivity index (χ1) is 13.7. The molecule has 1 aliphatic rings. The Bertz CT molecular complexity index is 928. The third kappa shape index (κ3) is 3.80. The number of hydrogen-bond donors (Lipinski definition) is 3. The van der Waals surface area contributed by atoms with Gasteiger partial charge in [-0.2, -0.15) is 10.1 Å². The van der Waals surface area contributed by atoms with E-state index < -0.39 is 0 Å². The van der Waals surface area contributed by atoms with Crippen LogP contribution in [0.2, 0.25) is 0 Å². The second-order valence-electron chi connectivity index (χ2n) is 7.59. The molecule has 4 rings (SSSR count). The largest absolute Gasteiger partial charge is 0.399 e. The zero-order chi connectivity index (χ0) is 19.5. The SMILES string of the molecule is CCCCNc1ncc2c(-c3ccc(N)cc3)nn([C@H]3CC[C@H](O)CC3)c2n1. The van der Waals surface area contributed by atoms with Crippen molar-refractivity contribution in [2.24, 2.45) is 0 Å². The fourth-order valence-corrected chi connectivity index (χ4v) is 3.80. The lowest BCUT2D eigenvalue weighted by Crippen LogP contribution is -2.22. The zero-order valence-electron chi connectivity index (χ0n) is 16.3. The van der Waals surface area contributed by atoms with Crippen molar-refractivity contribution in [3.63, 3.8) is 0 Å². The number of unbranched alkanes of at least 4 members (excludes halogenated alkanes) is 1. The van der Waals surface area contributed by atoms with Crippen LogP contribution in [0.25, 0.3) is 22.3 Å². The van der Waals surface area contributed by atoms with E-state index in [0.717, 1.165) is 73.0 Å². The smallest absolute Gasteiger partial charge is 0.224 e. The van der Waals surface area contributed by atoms with Gasteiger partial charge < -0.3 is 16.2 Å². The molecule has 4 N–H and O–H groups in total. The first kappa shape index (κ1) is 18.7. The van der Waals surface area contributed by atoms with E-state index in [1.807, 2.05) is 35.1 Å². The van der Waals surface area contributed by atoms with Crippen molar-refractivity contribution in [2.75, 3.05) is 17.6 Å². The molecule has 0 saturated heterocycles. The number of hydrogen-bond acceptors (Lipinski definition) is 6. The predicted molar refractivity (Wildman–Crippen MR) is 112 cm³/mol. The summed E-state index contributed by atoms with van der Waals surface area (Å²) < 4.78 is 2.04. The van der Waals surface area contributed by atoms with Gasteiger partial charge in [-0.3, -0.25) is 0 Å². The fourth-order valence-electron chi connectivity index (χ4n) is 3.80. The van der Waals surface area contributed by atoms with E-state index in [1.54, 1.807) is 0 Å². The highest BCUT2D eigenvalue weighted by Crippen LogP contribution is 2.34. The quantitative estimate of drug-likeness (QED) is 0.444. The van der Waals surface area contributed by atoms with E-state index in [1.165, 1.54) is 0 Å². The van der Waals surface area contributed by atoms with Gasteiger partial charge in [0.15, 0.2) is 5.65 Å². The van der Waals surface area contributed by atoms with Crippen LogP contribution in [0.1, 0.15) is 51.5 Å². The Morgan fingerprint density at radius 3 is 2.64 bits per heavy atom. The molecule has 1 aromatic carbocycles. The summed E-state index contributed by atoms with van der Waals surface area (Å²) in [7, 11) is 0. The summed E-state index contributed by atoms with van der Waals surface area (Å²) in [5.41, 5.74) is 9.31. The molecule has 1 saturated carbocycles. The second-order valence-corrected chi connectivity index (χ2v) is 7.59. The van der Waals surface area contributed by atoms with Gasteiger partial charge in [0, 0.05) is 24.0 Å². The lowest BCUT2D eigenvalue weighted by molar-refractivity contribution is 0.109. The Morgan fingerprint density at radius 2 is 1.93 bits per heavy atom. The molecule has 0 aliphatic heterocycles. The molecule has 1 aliphatic carbocycles. The fraction of sp³-hybridized carbons (Fsp3) is 0.476. The van der Waals surface area contributed by atoms with Gasteiger partial charge >= 0.3 is 0 Å². The third-order valence-electron chi connectivity index (χ3n) is 5.46. The minimum absolute atomic E-state index is 0.199. The summed E-state index contributed by atoms with van der Waals surface area (Å²) in [6.45, 7) is 3.02. The first-order valence-electron chi connectivity index (χ1n) is 10.2. The third-order valence-corrected chi connectivity index (χ3v) is 5.46. The van der Waals surface area contributed by atoms with E-state index in [-0.39, 0.29) is 12.1 Å². The average Bonchev–Trinajstić information content (AvgIpc) is 3.08. The number of rotatable bonds is 6. The second kappa shape index (κ2) is 8.14. The van der Waals surface area contributed by atoms with Gasteiger partial charge in [-0.05, 0) is 44.2 Å². The van der Waals surface area contributed by atoms with Gasteiger partial charge in [-0.15, -0.1) is 0 Å². The standard InChI is InChI=1S/C21H28N6O/c1-2-3-12-23-21-24-13-18-19(14-4-6-15(22)7-5-14)26-27(20(18)25-21)16-8-10-17(28)11-9-16/h4-7,13,16-17,28H,2-3,8-12,22H2,1H3,(H,23,24,25)/t16-,17-. The summed E-state index contributed by atoms with van der Waals surface area (Å²) in [4.78, 5) is 9.31. The van der Waals surface area contributed by atoms with Crippen molar-refractivity contribution >= 4 is 22.7 Å². The molecule has 0 amide bonds. The summed E-state index contributed by atoms with van der Waals surface area (Å²) in [6.07, 6.45) is 7.28. The number of anilines is 2. The van der Waals surface area contributed by atoms with Crippen molar-refractivity contribution < 1.29 is 5.11 Å². The minimum atomic E-state index is -0.199. The molecule has 0 bridgehead atoms. The van der Waals surface area contributed by atoms with E-state index in [2.05, 4.69) is 17.2 Å². The van der Waals surface area contributed by atoms with Crippen LogP contribution >= 0.6 is 0 Å². The van der Waals surface area contributed by atoms with Crippen molar-refractivity contribution in [1.29, 1.82) is 0 Å². The normalized spacial score (nSPS) is 19.8. The number of fused-ring (bicyclic) bond motifs is 1. The molecule has 2 heterocycles. The van der Waals surface area contributed by atoms with Crippen molar-refractivity contribution in [3.8, 4) is 11.3 Å². The van der Waals surface area contributed by atoms with Crippen LogP contribution < -0.4 is 11.1 Å². The Labute approximate surface area is 165 Å². The summed E-state index contributed by atoms with van der Waals surface area (Å²) in [5.74, 6) is 0.641. The number of nitrogens with one attached hydrogen (secondary N) is 1. The van der Waals surface area contributed by atoms with Gasteiger partial charge in [0.25, 0.3) is 0 Å². The highest BCUT2D eigenvalue weighted by molar-refractivity contribution is 5.91. The number of nitrogen functional groups attached to an aromatic ring is 1. The van der Waals surface area contributed by atoms with Crippen LogP contribution in [0.3, 0.4) is 0 Å². The van der Waals surface area contributed by atoms with E-state index >= 15 is 0 Å². The highest BCUT2D eigenvalue weighted by Gasteiger charge is 2.25. The van der Waals surface area contributed by atoms with Gasteiger partial charge in [-0.25, -0.2) is 9.67 Å². The van der Waals surface area contributed by atoms with Crippen molar-refractivity contribution in [3.05, 3.63) is 30.5 Å². The van der Waals surface area contributed by atoms with Gasteiger partial charge in [0.2, 0.25) is 5.95 Å². The minimum Gasteiger partial charge on any atom is -0.399 e. The molecule has 2 aromatic heterocycles. The molecule has 3 aromatic rings. The molecule has 0 atom stereocenters. The maximum absolute atomic E-state index is 9.88. The maximum Gasteiger partial charge on any atom is 0.224 e. The van der Waals surface area contributed by atoms with Crippen molar-refractivity contribution in [1.82, 2.24) is 19.7 Å². The lowest BCUT2D eigenvalue weighted by Gasteiger charge is -2.25. The molecule has 148 valence electrons. The van der Waals surface area contributed by atoms with Crippen LogP contribution in [0.15, 0.2) is 30.5 Å². The number of aliphatic hydroxyl groups is 1. The average molecular weight is 380 g/mol. The number of nitrogens with two attached hydrogens (primary N) is 1. The zero-order valence-corrected chi connectivity index (χ0v) is 16.3. The maximum atomic E-state index is 9.88. The monoisotopic (exact) mass is 380 g/mol. The van der Waals surface area contributed by atoms with Crippen LogP contribution in [-0.4, -0.2) is 37.5 Å². The number of nitrogens with zero attached hydrogens (tertiary/aromatic N) is 4. The van der Waals surface area contributed by atoms with Crippen LogP contribution in [-0.2, 0) is 0 Å². The molecular weight excluding hydrogens is 352 g/mol. The first-order valence-corrected chi connectivity index (χ1v) is 10.2. The predicted octanol–water partition coefficient (Wildman–Crippen LogP) is 3.76. The molecular formula is C21H28N6O. The van der Waals surface area contributed by atoms with Gasteiger partial charge in [-0.1, -0.05) is 25.5 Å². The molecule has 7 nitrogen and oxygen atoms in total. The summed E-state index contributed by atoms with van der Waals surface area (Å²) in [6, 6.07) is 7.99.